The van der Waals surface area contributed by atoms with Gasteiger partial charge in [-0.1, -0.05) is 54.1 Å². The monoisotopic (exact) mass is 599 g/mol. The summed E-state index contributed by atoms with van der Waals surface area (Å²) in [6, 6.07) is 17.8. The number of nitrogens with zero attached hydrogens (tertiary/aromatic N) is 1. The minimum Gasteiger partial charge on any atom is -0.490 e. The average Bonchev–Trinajstić information content (AvgIpc) is 2.99. The van der Waals surface area contributed by atoms with Crippen LogP contribution >= 0.6 is 11.6 Å². The molecule has 1 heterocycles. The van der Waals surface area contributed by atoms with Gasteiger partial charge in [0.15, 0.2) is 23.1 Å². The van der Waals surface area contributed by atoms with Gasteiger partial charge in [0.2, 0.25) is 0 Å². The van der Waals surface area contributed by atoms with Gasteiger partial charge in [0, 0.05) is 47.8 Å². The summed E-state index contributed by atoms with van der Waals surface area (Å²) in [4.78, 5) is 40.6. The van der Waals surface area contributed by atoms with Crippen molar-refractivity contribution < 1.29 is 29.0 Å². The zero-order chi connectivity index (χ0) is 30.1. The molecule has 0 bridgehead atoms. The second kappa shape index (κ2) is 12.3. The van der Waals surface area contributed by atoms with Crippen molar-refractivity contribution in [3.63, 3.8) is 0 Å². The molecule has 0 fully saturated rings. The summed E-state index contributed by atoms with van der Waals surface area (Å²) in [5.41, 5.74) is 4.54. The minimum absolute atomic E-state index is 0.0122. The van der Waals surface area contributed by atoms with Gasteiger partial charge in [-0.25, -0.2) is 0 Å². The van der Waals surface area contributed by atoms with E-state index >= 15 is 0 Å². The van der Waals surface area contributed by atoms with Crippen molar-refractivity contribution >= 4 is 39.9 Å². The number of carboxylic acids is 1. The lowest BCUT2D eigenvalue weighted by Gasteiger charge is -2.44. The van der Waals surface area contributed by atoms with E-state index in [9.17, 15) is 19.5 Å². The Balaban J connectivity index is 1.43. The smallest absolute Gasteiger partial charge is 0.305 e. The van der Waals surface area contributed by atoms with Crippen LogP contribution in [0.4, 0.5) is 0 Å². The number of carboxylic acid groups (broad SMARTS) is 1. The maximum Gasteiger partial charge on any atom is 0.305 e. The molecule has 0 atom stereocenters. The number of ether oxygens (including phenoxy) is 2. The topological polar surface area (TPSA) is 93.1 Å². The molecule has 0 saturated carbocycles. The molecule has 0 amide bonds. The fourth-order valence-corrected chi connectivity index (χ4v) is 7.03. The number of rotatable bonds is 9. The van der Waals surface area contributed by atoms with Gasteiger partial charge in [-0.3, -0.25) is 14.4 Å². The summed E-state index contributed by atoms with van der Waals surface area (Å²) in [6.45, 7) is 2.76. The first kappa shape index (κ1) is 29.0. The highest BCUT2D eigenvalue weighted by atomic mass is 35.5. The lowest BCUT2D eigenvalue weighted by atomic mass is 9.71. The Hall–Kier alpha value is -4.10. The number of Topliss-reactive ketones (excluding diaryl/α,β-unsaturated/α-hetero) is 2. The molecule has 8 heteroatoms. The number of ketones is 2. The Bertz CT molecular complexity index is 1640. The number of fused-ring (bicyclic) bond motifs is 1. The maximum atomic E-state index is 13.6. The number of allylic oxidation sites excluding steroid dienone is 4. The highest BCUT2D eigenvalue weighted by Crippen LogP contribution is 2.51. The first-order valence-corrected chi connectivity index (χ1v) is 15.3. The van der Waals surface area contributed by atoms with Crippen LogP contribution in [0.1, 0.15) is 68.9 Å². The number of carbonyl (C=O) groups is 3. The highest BCUT2D eigenvalue weighted by molar-refractivity contribution is 6.32. The highest BCUT2D eigenvalue weighted by Gasteiger charge is 2.43. The summed E-state index contributed by atoms with van der Waals surface area (Å²) >= 11 is 6.93. The SMILES string of the molecule is CCOc1cc(C2C3=C(CCCC3=O)N(CCC(=O)O)C3=C2C(=O)CCC3)cc(Cl)c1OCc1cccc2ccccc12. The standard InChI is InChI=1S/C35H34ClNO6/c1-2-42-30-19-23(18-25(36)35(30)43-20-22-10-5-9-21-8-3-4-11-24(21)22)32-33-26(12-6-14-28(33)38)37(17-16-31(40)41)27-13-7-15-29(39)34(27)32/h3-5,8-11,18-19,32H,2,6-7,12-17,20H2,1H3,(H,40,41). The largest absolute Gasteiger partial charge is 0.490 e. The number of carbonyl (C=O) groups excluding carboxylic acids is 2. The third-order valence-corrected chi connectivity index (χ3v) is 8.83. The molecule has 7 nitrogen and oxygen atoms in total. The van der Waals surface area contributed by atoms with Gasteiger partial charge < -0.3 is 19.5 Å². The molecular formula is C35H34ClNO6. The van der Waals surface area contributed by atoms with E-state index in [1.807, 2.05) is 42.2 Å². The summed E-state index contributed by atoms with van der Waals surface area (Å²) in [5, 5.41) is 12.0. The van der Waals surface area contributed by atoms with E-state index in [-0.39, 0.29) is 31.1 Å². The van der Waals surface area contributed by atoms with E-state index in [0.29, 0.717) is 78.4 Å². The predicted molar refractivity (Wildman–Crippen MR) is 164 cm³/mol. The molecule has 0 saturated heterocycles. The molecule has 3 aliphatic rings. The van der Waals surface area contributed by atoms with Crippen LogP contribution in [0.25, 0.3) is 10.8 Å². The van der Waals surface area contributed by atoms with Crippen LogP contribution < -0.4 is 9.47 Å². The molecule has 6 rings (SSSR count). The molecule has 3 aromatic rings. The van der Waals surface area contributed by atoms with Gasteiger partial charge in [-0.05, 0) is 66.6 Å². The molecule has 43 heavy (non-hydrogen) atoms. The Morgan fingerprint density at radius 3 is 2.28 bits per heavy atom. The molecule has 3 aromatic carbocycles. The molecule has 0 unspecified atom stereocenters. The third kappa shape index (κ3) is 5.54. The Morgan fingerprint density at radius 1 is 0.930 bits per heavy atom. The zero-order valence-corrected chi connectivity index (χ0v) is 24.9. The Kier molecular flexibility index (Phi) is 8.26. The van der Waals surface area contributed by atoms with E-state index in [1.165, 1.54) is 0 Å². The quantitative estimate of drug-likeness (QED) is 0.275. The predicted octanol–water partition coefficient (Wildman–Crippen LogP) is 7.36. The molecule has 2 aliphatic carbocycles. The van der Waals surface area contributed by atoms with E-state index < -0.39 is 11.9 Å². The van der Waals surface area contributed by atoms with Crippen molar-refractivity contribution in [1.29, 1.82) is 0 Å². The molecule has 1 N–H and O–H groups in total. The van der Waals surface area contributed by atoms with Crippen molar-refractivity contribution in [2.24, 2.45) is 0 Å². The van der Waals surface area contributed by atoms with Gasteiger partial charge >= 0.3 is 5.97 Å². The van der Waals surface area contributed by atoms with E-state index in [1.54, 1.807) is 6.07 Å². The molecular weight excluding hydrogens is 566 g/mol. The third-order valence-electron chi connectivity index (χ3n) is 8.55. The lowest BCUT2D eigenvalue weighted by Crippen LogP contribution is -2.39. The van der Waals surface area contributed by atoms with E-state index in [2.05, 4.69) is 18.2 Å². The van der Waals surface area contributed by atoms with Crippen LogP contribution in [0.5, 0.6) is 11.5 Å². The van der Waals surface area contributed by atoms with Crippen LogP contribution in [0.15, 0.2) is 77.1 Å². The minimum atomic E-state index is -0.914. The normalized spacial score (nSPS) is 17.3. The van der Waals surface area contributed by atoms with E-state index in [0.717, 1.165) is 27.7 Å². The van der Waals surface area contributed by atoms with Crippen LogP contribution in [-0.4, -0.2) is 40.7 Å². The number of aliphatic carboxylic acids is 1. The van der Waals surface area contributed by atoms with Gasteiger partial charge in [0.05, 0.1) is 18.1 Å². The molecule has 222 valence electrons. The van der Waals surface area contributed by atoms with Crippen LogP contribution in [0, 0.1) is 0 Å². The Labute approximate surface area is 255 Å². The second-order valence-corrected chi connectivity index (χ2v) is 11.6. The maximum absolute atomic E-state index is 13.6. The lowest BCUT2D eigenvalue weighted by molar-refractivity contribution is -0.137. The summed E-state index contributed by atoms with van der Waals surface area (Å²) < 4.78 is 12.4. The average molecular weight is 600 g/mol. The fourth-order valence-electron chi connectivity index (χ4n) is 6.75. The molecule has 0 aromatic heterocycles. The first-order chi connectivity index (χ1) is 20.9. The summed E-state index contributed by atoms with van der Waals surface area (Å²) in [7, 11) is 0. The van der Waals surface area contributed by atoms with Crippen molar-refractivity contribution in [2.45, 2.75) is 64.4 Å². The van der Waals surface area contributed by atoms with E-state index in [4.69, 9.17) is 21.1 Å². The van der Waals surface area contributed by atoms with Crippen LogP contribution in [0.3, 0.4) is 0 Å². The number of benzene rings is 3. The van der Waals surface area contributed by atoms with Crippen molar-refractivity contribution in [3.05, 3.63) is 93.3 Å². The second-order valence-electron chi connectivity index (χ2n) is 11.2. The molecule has 1 aliphatic heterocycles. The molecule has 0 radical (unpaired) electrons. The number of hydrogen-bond acceptors (Lipinski definition) is 6. The van der Waals surface area contributed by atoms with Crippen LogP contribution in [0.2, 0.25) is 5.02 Å². The molecule has 0 spiro atoms. The first-order valence-electron chi connectivity index (χ1n) is 14.9. The summed E-state index contributed by atoms with van der Waals surface area (Å²) in [6.07, 6.45) is 3.38. The van der Waals surface area contributed by atoms with Gasteiger partial charge in [0.25, 0.3) is 0 Å². The van der Waals surface area contributed by atoms with Crippen LogP contribution in [-0.2, 0) is 21.0 Å². The van der Waals surface area contributed by atoms with Gasteiger partial charge in [0.1, 0.15) is 6.61 Å². The van der Waals surface area contributed by atoms with Crippen molar-refractivity contribution in [1.82, 2.24) is 4.90 Å². The zero-order valence-electron chi connectivity index (χ0n) is 24.2. The number of halogens is 1. The van der Waals surface area contributed by atoms with Gasteiger partial charge in [-0.2, -0.15) is 0 Å². The number of hydrogen-bond donors (Lipinski definition) is 1. The Morgan fingerprint density at radius 2 is 1.60 bits per heavy atom. The fraction of sp³-hybridized carbons (Fsp3) is 0.343. The van der Waals surface area contributed by atoms with Crippen molar-refractivity contribution in [2.75, 3.05) is 13.2 Å². The van der Waals surface area contributed by atoms with Crippen molar-refractivity contribution in [3.8, 4) is 11.5 Å². The summed E-state index contributed by atoms with van der Waals surface area (Å²) in [5.74, 6) is -0.663. The van der Waals surface area contributed by atoms with Gasteiger partial charge in [-0.15, -0.1) is 0 Å².